The smallest absolute Gasteiger partial charge is 0.264 e. The first-order valence-electron chi connectivity index (χ1n) is 5.56. The van der Waals surface area contributed by atoms with Crippen molar-refractivity contribution in [3.05, 3.63) is 21.9 Å². The molecule has 2 bridgehead atoms. The van der Waals surface area contributed by atoms with Crippen molar-refractivity contribution in [2.45, 2.75) is 24.6 Å². The summed E-state index contributed by atoms with van der Waals surface area (Å²) in [6.45, 7) is 2.34. The van der Waals surface area contributed by atoms with Gasteiger partial charge in [-0.05, 0) is 25.5 Å². The van der Waals surface area contributed by atoms with Crippen LogP contribution in [0.3, 0.4) is 0 Å². The minimum atomic E-state index is -2.92. The molecule has 92 valence electrons. The molecule has 1 aromatic heterocycles. The summed E-state index contributed by atoms with van der Waals surface area (Å²) in [5, 5.41) is -0.322. The van der Waals surface area contributed by atoms with E-state index in [0.717, 1.165) is 4.88 Å². The van der Waals surface area contributed by atoms with Gasteiger partial charge in [0.2, 0.25) is 0 Å². The van der Waals surface area contributed by atoms with Crippen LogP contribution in [0.5, 0.6) is 0 Å². The summed E-state index contributed by atoms with van der Waals surface area (Å²) in [5.74, 6) is 0.138. The van der Waals surface area contributed by atoms with Gasteiger partial charge < -0.3 is 4.90 Å². The molecule has 3 heterocycles. The molecule has 0 spiro atoms. The number of fused-ring (bicyclic) bond motifs is 2. The highest BCUT2D eigenvalue weighted by Gasteiger charge is 2.50. The Kier molecular flexibility index (Phi) is 2.35. The molecule has 0 aromatic carbocycles. The van der Waals surface area contributed by atoms with Gasteiger partial charge in [0, 0.05) is 17.5 Å². The molecule has 4 nitrogen and oxygen atoms in total. The van der Waals surface area contributed by atoms with E-state index in [1.807, 2.05) is 19.1 Å². The molecule has 2 atom stereocenters. The Hall–Kier alpha value is -0.880. The lowest BCUT2D eigenvalue weighted by molar-refractivity contribution is 0.0751. The average molecular weight is 271 g/mol. The van der Waals surface area contributed by atoms with E-state index < -0.39 is 9.84 Å². The third-order valence-electron chi connectivity index (χ3n) is 3.52. The van der Waals surface area contributed by atoms with Gasteiger partial charge in [-0.2, -0.15) is 0 Å². The van der Waals surface area contributed by atoms with Crippen LogP contribution in [-0.2, 0) is 9.84 Å². The number of nitrogens with zero attached hydrogens (tertiary/aromatic N) is 1. The summed E-state index contributed by atoms with van der Waals surface area (Å²) in [6.07, 6.45) is 0.623. The summed E-state index contributed by atoms with van der Waals surface area (Å²) >= 11 is 1.47. The monoisotopic (exact) mass is 271 g/mol. The lowest BCUT2D eigenvalue weighted by atomic mass is 10.2. The molecule has 2 saturated heterocycles. The first-order valence-corrected chi connectivity index (χ1v) is 8.09. The van der Waals surface area contributed by atoms with E-state index in [1.165, 1.54) is 11.3 Å². The fraction of sp³-hybridized carbons (Fsp3) is 0.545. The van der Waals surface area contributed by atoms with Gasteiger partial charge in [-0.15, -0.1) is 11.3 Å². The second kappa shape index (κ2) is 3.55. The fourth-order valence-corrected chi connectivity index (χ4v) is 5.49. The van der Waals surface area contributed by atoms with Crippen LogP contribution < -0.4 is 0 Å². The highest BCUT2D eigenvalue weighted by atomic mass is 32.2. The van der Waals surface area contributed by atoms with Crippen molar-refractivity contribution in [3.8, 4) is 0 Å². The SMILES string of the molecule is Cc1ccc(C(=O)N2C[C@H]3C[C@H]2CS3(=O)=O)s1. The third kappa shape index (κ3) is 1.70. The van der Waals surface area contributed by atoms with Crippen molar-refractivity contribution >= 4 is 27.1 Å². The fourth-order valence-electron chi connectivity index (χ4n) is 2.64. The van der Waals surface area contributed by atoms with E-state index in [-0.39, 0.29) is 23.0 Å². The summed E-state index contributed by atoms with van der Waals surface area (Å²) in [6, 6.07) is 3.64. The Bertz CT molecular complexity index is 575. The van der Waals surface area contributed by atoms with Crippen LogP contribution in [0.25, 0.3) is 0 Å². The lowest BCUT2D eigenvalue weighted by Gasteiger charge is -2.26. The van der Waals surface area contributed by atoms with Crippen molar-refractivity contribution in [3.63, 3.8) is 0 Å². The number of carbonyl (C=O) groups excluding carboxylic acids is 1. The van der Waals surface area contributed by atoms with Crippen LogP contribution in [0.2, 0.25) is 0 Å². The maximum Gasteiger partial charge on any atom is 0.264 e. The van der Waals surface area contributed by atoms with Gasteiger partial charge in [-0.3, -0.25) is 4.79 Å². The minimum Gasteiger partial charge on any atom is -0.333 e. The first kappa shape index (κ1) is 11.2. The molecule has 0 radical (unpaired) electrons. The Balaban J connectivity index is 1.83. The molecule has 2 aliphatic rings. The molecule has 17 heavy (non-hydrogen) atoms. The zero-order valence-corrected chi connectivity index (χ0v) is 11.1. The van der Waals surface area contributed by atoms with Gasteiger partial charge in [-0.25, -0.2) is 8.42 Å². The lowest BCUT2D eigenvalue weighted by Crippen LogP contribution is -2.43. The quantitative estimate of drug-likeness (QED) is 0.767. The Morgan fingerprint density at radius 1 is 1.47 bits per heavy atom. The number of aryl methyl sites for hydroxylation is 1. The number of thiophene rings is 1. The molecular weight excluding hydrogens is 258 g/mol. The first-order chi connectivity index (χ1) is 7.97. The van der Waals surface area contributed by atoms with Gasteiger partial charge >= 0.3 is 0 Å². The van der Waals surface area contributed by atoms with Crippen LogP contribution in [0.1, 0.15) is 21.0 Å². The molecule has 0 aliphatic carbocycles. The van der Waals surface area contributed by atoms with Gasteiger partial charge in [0.05, 0.1) is 15.9 Å². The number of likely N-dealkylation sites (tertiary alicyclic amines) is 1. The van der Waals surface area contributed by atoms with Crippen molar-refractivity contribution in [1.82, 2.24) is 4.90 Å². The van der Waals surface area contributed by atoms with Gasteiger partial charge in [0.1, 0.15) is 0 Å². The van der Waals surface area contributed by atoms with Crippen molar-refractivity contribution in [2.75, 3.05) is 12.3 Å². The molecule has 3 rings (SSSR count). The number of hydrogen-bond donors (Lipinski definition) is 0. The standard InChI is InChI=1S/C11H13NO3S2/c1-7-2-3-10(16-7)11(13)12-5-9-4-8(12)6-17(9,14)15/h2-3,8-9H,4-6H2,1H3/t8-,9+/m0/s1. The highest BCUT2D eigenvalue weighted by Crippen LogP contribution is 2.34. The topological polar surface area (TPSA) is 54.5 Å². The van der Waals surface area contributed by atoms with E-state index in [0.29, 0.717) is 17.8 Å². The third-order valence-corrected chi connectivity index (χ3v) is 6.72. The van der Waals surface area contributed by atoms with Crippen LogP contribution in [0, 0.1) is 6.92 Å². The maximum absolute atomic E-state index is 12.2. The molecule has 0 unspecified atom stereocenters. The number of carbonyl (C=O) groups is 1. The normalized spacial score (nSPS) is 29.8. The molecule has 2 aliphatic heterocycles. The maximum atomic E-state index is 12.2. The predicted molar refractivity (Wildman–Crippen MR) is 66.1 cm³/mol. The van der Waals surface area contributed by atoms with Crippen LogP contribution in [0.15, 0.2) is 12.1 Å². The summed E-state index contributed by atoms with van der Waals surface area (Å²) < 4.78 is 23.2. The molecular formula is C11H13NO3S2. The highest BCUT2D eigenvalue weighted by molar-refractivity contribution is 7.92. The van der Waals surface area contributed by atoms with E-state index in [1.54, 1.807) is 4.90 Å². The zero-order chi connectivity index (χ0) is 12.2. The largest absolute Gasteiger partial charge is 0.333 e. The van der Waals surface area contributed by atoms with Crippen molar-refractivity contribution < 1.29 is 13.2 Å². The number of amides is 1. The molecule has 6 heteroatoms. The Morgan fingerprint density at radius 2 is 2.24 bits per heavy atom. The molecule has 1 aromatic rings. The second-order valence-corrected chi connectivity index (χ2v) is 8.32. The Morgan fingerprint density at radius 3 is 2.71 bits per heavy atom. The van der Waals surface area contributed by atoms with E-state index in [4.69, 9.17) is 0 Å². The molecule has 0 saturated carbocycles. The van der Waals surface area contributed by atoms with Crippen molar-refractivity contribution in [2.24, 2.45) is 0 Å². The molecule has 2 fully saturated rings. The van der Waals surface area contributed by atoms with Crippen molar-refractivity contribution in [1.29, 1.82) is 0 Å². The second-order valence-electron chi connectivity index (χ2n) is 4.71. The average Bonchev–Trinajstić information content (AvgIpc) is 2.89. The van der Waals surface area contributed by atoms with E-state index in [9.17, 15) is 13.2 Å². The zero-order valence-electron chi connectivity index (χ0n) is 9.42. The summed E-state index contributed by atoms with van der Waals surface area (Å²) in [7, 11) is -2.92. The number of rotatable bonds is 1. The van der Waals surface area contributed by atoms with Crippen LogP contribution in [-0.4, -0.2) is 42.8 Å². The van der Waals surface area contributed by atoms with E-state index in [2.05, 4.69) is 0 Å². The predicted octanol–water partition coefficient (Wildman–Crippen LogP) is 1.07. The van der Waals surface area contributed by atoms with Gasteiger partial charge in [-0.1, -0.05) is 0 Å². The van der Waals surface area contributed by atoms with E-state index >= 15 is 0 Å². The van der Waals surface area contributed by atoms with Gasteiger partial charge in [0.25, 0.3) is 5.91 Å². The van der Waals surface area contributed by atoms with Crippen LogP contribution in [0.4, 0.5) is 0 Å². The Labute approximate surface area is 104 Å². The van der Waals surface area contributed by atoms with Crippen LogP contribution >= 0.6 is 11.3 Å². The number of sulfone groups is 1. The molecule has 0 N–H and O–H groups in total. The van der Waals surface area contributed by atoms with Gasteiger partial charge in [0.15, 0.2) is 9.84 Å². The number of hydrogen-bond acceptors (Lipinski definition) is 4. The summed E-state index contributed by atoms with van der Waals surface area (Å²) in [5.41, 5.74) is 0. The summed E-state index contributed by atoms with van der Waals surface area (Å²) in [4.78, 5) is 15.8. The molecule has 1 amide bonds. The minimum absolute atomic E-state index is 0.00880.